The number of nitriles is 1. The highest BCUT2D eigenvalue weighted by Crippen LogP contribution is 2.30. The number of hydrogen-bond acceptors (Lipinski definition) is 4. The van der Waals surface area contributed by atoms with Crippen LogP contribution in [0.25, 0.3) is 0 Å². The first kappa shape index (κ1) is 15.6. The zero-order valence-electron chi connectivity index (χ0n) is 11.5. The topological polar surface area (TPSA) is 74.7 Å². The van der Waals surface area contributed by atoms with Crippen LogP contribution < -0.4 is 11.1 Å². The molecule has 7 heteroatoms. The van der Waals surface area contributed by atoms with E-state index in [1.54, 1.807) is 0 Å². The summed E-state index contributed by atoms with van der Waals surface area (Å²) in [6, 6.07) is 3.52. The van der Waals surface area contributed by atoms with E-state index in [0.29, 0.717) is 0 Å². The van der Waals surface area contributed by atoms with E-state index >= 15 is 0 Å². The molecule has 1 aromatic heterocycles. The summed E-state index contributed by atoms with van der Waals surface area (Å²) in [5.41, 5.74) is 5.14. The quantitative estimate of drug-likeness (QED) is 0.823. The van der Waals surface area contributed by atoms with E-state index in [0.717, 1.165) is 44.2 Å². The minimum atomic E-state index is -4.53. The maximum atomic E-state index is 12.7. The first-order valence-electron chi connectivity index (χ1n) is 6.92. The molecule has 2 atom stereocenters. The number of anilines is 1. The van der Waals surface area contributed by atoms with Crippen LogP contribution >= 0.6 is 0 Å². The van der Waals surface area contributed by atoms with Gasteiger partial charge in [0.1, 0.15) is 17.6 Å². The molecule has 0 aromatic carbocycles. The maximum absolute atomic E-state index is 12.7. The van der Waals surface area contributed by atoms with Crippen molar-refractivity contribution in [1.29, 1.82) is 5.26 Å². The van der Waals surface area contributed by atoms with Gasteiger partial charge in [-0.1, -0.05) is 19.3 Å². The van der Waals surface area contributed by atoms with Gasteiger partial charge in [0.15, 0.2) is 0 Å². The second kappa shape index (κ2) is 6.31. The Morgan fingerprint density at radius 2 is 1.95 bits per heavy atom. The van der Waals surface area contributed by atoms with E-state index in [1.807, 2.05) is 6.07 Å². The molecule has 0 spiro atoms. The van der Waals surface area contributed by atoms with Crippen molar-refractivity contribution < 1.29 is 13.2 Å². The van der Waals surface area contributed by atoms with Gasteiger partial charge in [-0.2, -0.15) is 18.4 Å². The smallest absolute Gasteiger partial charge is 0.365 e. The fourth-order valence-electron chi connectivity index (χ4n) is 2.51. The third-order valence-corrected chi connectivity index (χ3v) is 3.70. The van der Waals surface area contributed by atoms with Gasteiger partial charge in [0.2, 0.25) is 0 Å². The molecule has 0 radical (unpaired) electrons. The lowest BCUT2D eigenvalue weighted by atomic mass is 10.0. The van der Waals surface area contributed by atoms with Crippen molar-refractivity contribution in [3.63, 3.8) is 0 Å². The van der Waals surface area contributed by atoms with Gasteiger partial charge < -0.3 is 11.1 Å². The predicted molar refractivity (Wildman–Crippen MR) is 72.4 cm³/mol. The summed E-state index contributed by atoms with van der Waals surface area (Å²) in [5.74, 6) is -0.0327. The number of aromatic nitrogens is 1. The number of alkyl halides is 3. The second-order valence-corrected chi connectivity index (χ2v) is 5.25. The predicted octanol–water partition coefficient (Wildman–Crippen LogP) is 3.04. The van der Waals surface area contributed by atoms with Crippen LogP contribution in [-0.2, 0) is 6.18 Å². The Morgan fingerprint density at radius 1 is 1.24 bits per heavy atom. The Bertz CT molecular complexity index is 536. The Hall–Kier alpha value is -1.81. The molecule has 3 N–H and O–H groups in total. The minimum Gasteiger partial charge on any atom is -0.365 e. The number of rotatable bonds is 2. The molecular weight excluding hydrogens is 281 g/mol. The summed E-state index contributed by atoms with van der Waals surface area (Å²) in [6.07, 6.45) is 0.0954. The molecule has 0 aliphatic heterocycles. The van der Waals surface area contributed by atoms with Gasteiger partial charge in [0, 0.05) is 12.1 Å². The van der Waals surface area contributed by atoms with Crippen LogP contribution in [0.4, 0.5) is 19.0 Å². The molecule has 1 saturated carbocycles. The van der Waals surface area contributed by atoms with Crippen LogP contribution in [0.2, 0.25) is 0 Å². The molecule has 1 aromatic rings. The van der Waals surface area contributed by atoms with Gasteiger partial charge in [-0.15, -0.1) is 0 Å². The molecule has 1 aliphatic rings. The fraction of sp³-hybridized carbons (Fsp3) is 0.571. The molecular formula is C14H17F3N4. The lowest BCUT2D eigenvalue weighted by Gasteiger charge is -2.24. The van der Waals surface area contributed by atoms with Crippen molar-refractivity contribution >= 4 is 5.82 Å². The highest BCUT2D eigenvalue weighted by molar-refractivity contribution is 5.53. The zero-order chi connectivity index (χ0) is 15.5. The fourth-order valence-corrected chi connectivity index (χ4v) is 2.51. The third kappa shape index (κ3) is 3.85. The Labute approximate surface area is 121 Å². The van der Waals surface area contributed by atoms with Gasteiger partial charge in [-0.25, -0.2) is 4.98 Å². The van der Waals surface area contributed by atoms with Crippen molar-refractivity contribution in [3.8, 4) is 6.07 Å². The van der Waals surface area contributed by atoms with Crippen LogP contribution in [0.3, 0.4) is 0 Å². The van der Waals surface area contributed by atoms with Crippen molar-refractivity contribution in [2.24, 2.45) is 5.73 Å². The summed E-state index contributed by atoms with van der Waals surface area (Å²) in [7, 11) is 0. The van der Waals surface area contributed by atoms with Gasteiger partial charge in [0.05, 0.1) is 5.56 Å². The molecule has 1 fully saturated rings. The largest absolute Gasteiger partial charge is 0.433 e. The standard InChI is InChI=1S/C14H17F3N4/c15-14(16,17)12-7-6-9(8-18)13(21-12)20-11-5-3-1-2-4-10(11)19/h6-7,10-11H,1-5,19H2,(H,20,21). The SMILES string of the molecule is N#Cc1ccc(C(F)(F)F)nc1NC1CCCCCC1N. The normalized spacial score (nSPS) is 23.2. The van der Waals surface area contributed by atoms with Gasteiger partial charge >= 0.3 is 6.18 Å². The molecule has 0 amide bonds. The number of nitrogens with one attached hydrogen (secondary N) is 1. The van der Waals surface area contributed by atoms with E-state index in [4.69, 9.17) is 11.0 Å². The van der Waals surface area contributed by atoms with Crippen LogP contribution in [0, 0.1) is 11.3 Å². The maximum Gasteiger partial charge on any atom is 0.433 e. The Kier molecular flexibility index (Phi) is 4.68. The van der Waals surface area contributed by atoms with Crippen LogP contribution in [0.1, 0.15) is 43.4 Å². The highest BCUT2D eigenvalue weighted by Gasteiger charge is 2.33. The summed E-state index contributed by atoms with van der Waals surface area (Å²) < 4.78 is 38.2. The molecule has 1 aliphatic carbocycles. The van der Waals surface area contributed by atoms with Crippen molar-refractivity contribution in [2.75, 3.05) is 5.32 Å². The van der Waals surface area contributed by atoms with Gasteiger partial charge in [-0.3, -0.25) is 0 Å². The Balaban J connectivity index is 2.27. The molecule has 0 saturated heterocycles. The lowest BCUT2D eigenvalue weighted by molar-refractivity contribution is -0.141. The van der Waals surface area contributed by atoms with E-state index in [2.05, 4.69) is 10.3 Å². The lowest BCUT2D eigenvalue weighted by Crippen LogP contribution is -2.39. The van der Waals surface area contributed by atoms with Crippen molar-refractivity contribution in [1.82, 2.24) is 4.98 Å². The second-order valence-electron chi connectivity index (χ2n) is 5.25. The number of nitrogens with zero attached hydrogens (tertiary/aromatic N) is 2. The number of hydrogen-bond donors (Lipinski definition) is 2. The molecule has 0 bridgehead atoms. The summed E-state index contributed by atoms with van der Waals surface area (Å²) in [5, 5.41) is 12.0. The molecule has 4 nitrogen and oxygen atoms in total. The van der Waals surface area contributed by atoms with Crippen molar-refractivity contribution in [2.45, 2.75) is 50.4 Å². The summed E-state index contributed by atoms with van der Waals surface area (Å²) in [4.78, 5) is 3.56. The molecule has 2 rings (SSSR count). The van der Waals surface area contributed by atoms with Crippen LogP contribution in [-0.4, -0.2) is 17.1 Å². The van der Waals surface area contributed by atoms with Crippen molar-refractivity contribution in [3.05, 3.63) is 23.4 Å². The van der Waals surface area contributed by atoms with E-state index in [9.17, 15) is 13.2 Å². The summed E-state index contributed by atoms with van der Waals surface area (Å²) in [6.45, 7) is 0. The van der Waals surface area contributed by atoms with Gasteiger partial charge in [0.25, 0.3) is 0 Å². The van der Waals surface area contributed by atoms with E-state index in [1.165, 1.54) is 0 Å². The average molecular weight is 298 g/mol. The highest BCUT2D eigenvalue weighted by atomic mass is 19.4. The van der Waals surface area contributed by atoms with E-state index < -0.39 is 11.9 Å². The van der Waals surface area contributed by atoms with E-state index in [-0.39, 0.29) is 23.5 Å². The molecule has 1 heterocycles. The Morgan fingerprint density at radius 3 is 2.62 bits per heavy atom. The monoisotopic (exact) mass is 298 g/mol. The average Bonchev–Trinajstić information content (AvgIpc) is 2.63. The van der Waals surface area contributed by atoms with Gasteiger partial charge in [-0.05, 0) is 25.0 Å². The third-order valence-electron chi connectivity index (χ3n) is 3.70. The first-order valence-corrected chi connectivity index (χ1v) is 6.92. The number of halogens is 3. The molecule has 114 valence electrons. The number of pyridine rings is 1. The molecule has 21 heavy (non-hydrogen) atoms. The van der Waals surface area contributed by atoms with Crippen LogP contribution in [0.5, 0.6) is 0 Å². The number of nitrogens with two attached hydrogens (primary N) is 1. The molecule has 2 unspecified atom stereocenters. The van der Waals surface area contributed by atoms with Crippen LogP contribution in [0.15, 0.2) is 12.1 Å². The first-order chi connectivity index (χ1) is 9.91. The summed E-state index contributed by atoms with van der Waals surface area (Å²) >= 11 is 0. The zero-order valence-corrected chi connectivity index (χ0v) is 11.5. The minimum absolute atomic E-state index is 0.0327.